The van der Waals surface area contributed by atoms with Crippen LogP contribution in [0.25, 0.3) is 10.9 Å². The smallest absolute Gasteiger partial charge is 0.308 e. The van der Waals surface area contributed by atoms with Gasteiger partial charge in [-0.2, -0.15) is 0 Å². The van der Waals surface area contributed by atoms with Crippen molar-refractivity contribution in [2.75, 3.05) is 20.8 Å². The Bertz CT molecular complexity index is 2450. The first-order valence-electron chi connectivity index (χ1n) is 21.1. The second-order valence-corrected chi connectivity index (χ2v) is 16.5. The molecule has 0 aliphatic heterocycles. The third-order valence-corrected chi connectivity index (χ3v) is 11.0. The van der Waals surface area contributed by atoms with E-state index in [9.17, 15) is 47.1 Å². The van der Waals surface area contributed by atoms with Crippen molar-refractivity contribution in [3.63, 3.8) is 0 Å². The van der Waals surface area contributed by atoms with E-state index in [1.165, 1.54) is 6.07 Å². The van der Waals surface area contributed by atoms with Crippen LogP contribution in [0.15, 0.2) is 78.9 Å². The first-order chi connectivity index (χ1) is 31.4. The van der Waals surface area contributed by atoms with E-state index >= 15 is 0 Å². The van der Waals surface area contributed by atoms with E-state index in [1.54, 1.807) is 70.2 Å². The first-order valence-corrected chi connectivity index (χ1v) is 21.1. The number of fused-ring (bicyclic) bond motifs is 2. The number of aromatic nitrogens is 1. The van der Waals surface area contributed by atoms with Crippen LogP contribution in [0.1, 0.15) is 62.2 Å². The van der Waals surface area contributed by atoms with Crippen molar-refractivity contribution in [2.45, 2.75) is 83.1 Å². The monoisotopic (exact) mass is 914 g/mol. The summed E-state index contributed by atoms with van der Waals surface area (Å²) in [6.07, 6.45) is -1.59. The van der Waals surface area contributed by atoms with Gasteiger partial charge in [0.1, 0.15) is 42.0 Å². The molecule has 3 aromatic carbocycles. The molecule has 66 heavy (non-hydrogen) atoms. The standard InChI is InChI=1S/C47H52F2N6O11/c1-25(2)39(53-42(59)33-19-18-27-12-9-10-17-32(27)50-33)44(61)51-35(21-38(58)65-6)43(60)54-40(26(3)4)45(62)55-47(22-28-13-7-8-14-29(28)23-47)46(63)52-34(20-37(57)64-5)36(56)24-66-41-30(48)15-11-16-31(41)49/h7-19,25-26,34-35,39-40H,20-24H2,1-6H3,(H,51,61)(H,52,63)(H,53,59)(H,54,60)(H,55,62). The highest BCUT2D eigenvalue weighted by Gasteiger charge is 2.48. The molecule has 0 saturated carbocycles. The summed E-state index contributed by atoms with van der Waals surface area (Å²) in [6, 6.07) is 14.3. The van der Waals surface area contributed by atoms with Gasteiger partial charge in [0.25, 0.3) is 5.91 Å². The lowest BCUT2D eigenvalue weighted by Crippen LogP contribution is -2.66. The Morgan fingerprint density at radius 1 is 0.636 bits per heavy atom. The molecule has 5 rings (SSSR count). The Kier molecular flexibility index (Phi) is 16.6. The van der Waals surface area contributed by atoms with E-state index in [2.05, 4.69) is 31.6 Å². The van der Waals surface area contributed by atoms with Gasteiger partial charge in [-0.25, -0.2) is 13.8 Å². The topological polar surface area (TPSA) is 237 Å². The largest absolute Gasteiger partial charge is 0.480 e. The van der Waals surface area contributed by atoms with Gasteiger partial charge in [-0.1, -0.05) is 82.3 Å². The number of carbonyl (C=O) groups excluding carboxylic acids is 8. The number of ether oxygens (including phenoxy) is 3. The number of carbonyl (C=O) groups is 8. The minimum Gasteiger partial charge on any atom is -0.480 e. The van der Waals surface area contributed by atoms with Crippen molar-refractivity contribution in [2.24, 2.45) is 11.8 Å². The van der Waals surface area contributed by atoms with Crippen molar-refractivity contribution in [3.05, 3.63) is 107 Å². The van der Waals surface area contributed by atoms with Crippen molar-refractivity contribution in [1.29, 1.82) is 0 Å². The maximum atomic E-state index is 14.5. The molecule has 5 amide bonds. The summed E-state index contributed by atoms with van der Waals surface area (Å²) in [5, 5.41) is 13.8. The highest BCUT2D eigenvalue weighted by Crippen LogP contribution is 2.31. The summed E-state index contributed by atoms with van der Waals surface area (Å²) in [6.45, 7) is 5.56. The first kappa shape index (κ1) is 49.7. The molecule has 0 fully saturated rings. The van der Waals surface area contributed by atoms with Crippen LogP contribution in [0.3, 0.4) is 0 Å². The summed E-state index contributed by atoms with van der Waals surface area (Å²) in [5.41, 5.74) is 0.0919. The molecule has 4 atom stereocenters. The average molecular weight is 915 g/mol. The fourth-order valence-electron chi connectivity index (χ4n) is 7.34. The lowest BCUT2D eigenvalue weighted by atomic mass is 9.91. The summed E-state index contributed by atoms with van der Waals surface area (Å²) in [7, 11) is 2.14. The van der Waals surface area contributed by atoms with E-state index in [-0.39, 0.29) is 18.5 Å². The van der Waals surface area contributed by atoms with Crippen molar-refractivity contribution in [1.82, 2.24) is 31.6 Å². The quantitative estimate of drug-likeness (QED) is 0.0806. The summed E-state index contributed by atoms with van der Waals surface area (Å²) in [4.78, 5) is 113. The number of halogens is 2. The highest BCUT2D eigenvalue weighted by molar-refractivity contribution is 6.01. The predicted molar refractivity (Wildman–Crippen MR) is 233 cm³/mol. The number of hydrogen-bond acceptors (Lipinski definition) is 12. The second-order valence-electron chi connectivity index (χ2n) is 16.5. The number of Topliss-reactive ketones (excluding diaryl/α,β-unsaturated/α-hetero) is 1. The molecule has 1 aromatic heterocycles. The Balaban J connectivity index is 1.36. The molecule has 350 valence electrons. The van der Waals surface area contributed by atoms with Crippen LogP contribution in [-0.2, 0) is 55.9 Å². The van der Waals surface area contributed by atoms with Crippen LogP contribution < -0.4 is 31.3 Å². The number of ketones is 1. The van der Waals surface area contributed by atoms with Crippen LogP contribution in [0.4, 0.5) is 8.78 Å². The Morgan fingerprint density at radius 3 is 1.79 bits per heavy atom. The van der Waals surface area contributed by atoms with Crippen LogP contribution in [0.5, 0.6) is 5.75 Å². The van der Waals surface area contributed by atoms with E-state index in [0.29, 0.717) is 16.6 Å². The predicted octanol–water partition coefficient (Wildman–Crippen LogP) is 2.81. The number of rotatable bonds is 20. The average Bonchev–Trinajstić information content (AvgIpc) is 3.67. The molecule has 1 aliphatic rings. The summed E-state index contributed by atoms with van der Waals surface area (Å²) < 4.78 is 43.3. The molecule has 0 radical (unpaired) electrons. The van der Waals surface area contributed by atoms with Gasteiger partial charge in [-0.05, 0) is 47.2 Å². The van der Waals surface area contributed by atoms with E-state index in [1.807, 2.05) is 12.1 Å². The molecular weight excluding hydrogens is 863 g/mol. The number of amides is 5. The Hall–Kier alpha value is -7.31. The van der Waals surface area contributed by atoms with Gasteiger partial charge in [0.05, 0.1) is 32.6 Å². The molecule has 1 aliphatic carbocycles. The van der Waals surface area contributed by atoms with Crippen molar-refractivity contribution in [3.8, 4) is 5.75 Å². The number of para-hydroxylation sites is 2. The molecule has 4 unspecified atom stereocenters. The maximum Gasteiger partial charge on any atom is 0.308 e. The van der Waals surface area contributed by atoms with Crippen LogP contribution in [-0.4, -0.2) is 103 Å². The fraction of sp³-hybridized carbons (Fsp3) is 0.383. The van der Waals surface area contributed by atoms with E-state index < -0.39 is 126 Å². The van der Waals surface area contributed by atoms with Gasteiger partial charge in [-0.3, -0.25) is 38.4 Å². The van der Waals surface area contributed by atoms with Crippen molar-refractivity contribution < 1.29 is 61.3 Å². The molecule has 0 bridgehead atoms. The molecule has 17 nitrogen and oxygen atoms in total. The fourth-order valence-corrected chi connectivity index (χ4v) is 7.34. The molecular formula is C47H52F2N6O11. The normalized spacial score (nSPS) is 14.5. The molecule has 4 aromatic rings. The number of benzene rings is 3. The Morgan fingerprint density at radius 2 is 1.20 bits per heavy atom. The zero-order chi connectivity index (χ0) is 48.3. The molecule has 1 heterocycles. The maximum absolute atomic E-state index is 14.5. The zero-order valence-corrected chi connectivity index (χ0v) is 37.2. The van der Waals surface area contributed by atoms with E-state index in [4.69, 9.17) is 14.2 Å². The zero-order valence-electron chi connectivity index (χ0n) is 37.2. The van der Waals surface area contributed by atoms with Crippen LogP contribution in [0.2, 0.25) is 0 Å². The van der Waals surface area contributed by atoms with Gasteiger partial charge in [0.2, 0.25) is 23.6 Å². The van der Waals surface area contributed by atoms with Gasteiger partial charge < -0.3 is 40.8 Å². The lowest BCUT2D eigenvalue weighted by molar-refractivity contribution is -0.145. The van der Waals surface area contributed by atoms with Gasteiger partial charge >= 0.3 is 11.9 Å². The molecule has 19 heteroatoms. The summed E-state index contributed by atoms with van der Waals surface area (Å²) >= 11 is 0. The SMILES string of the molecule is COC(=O)CC(NC(=O)C1(NC(=O)C(NC(=O)C(CC(=O)OC)NC(=O)C(NC(=O)c2ccc3ccccc3n2)C(C)C)C(C)C)Cc2ccccc2C1)C(=O)COc1c(F)cccc1F. The number of nitrogens with zero attached hydrogens (tertiary/aromatic N) is 1. The van der Waals surface area contributed by atoms with Gasteiger partial charge in [0, 0.05) is 18.2 Å². The number of methoxy groups -OCH3 is 2. The Labute approximate surface area is 379 Å². The minimum absolute atomic E-state index is 0.0367. The van der Waals surface area contributed by atoms with E-state index in [0.717, 1.165) is 37.8 Å². The van der Waals surface area contributed by atoms with Crippen LogP contribution >= 0.6 is 0 Å². The van der Waals surface area contributed by atoms with Crippen LogP contribution in [0, 0.1) is 23.5 Å². The highest BCUT2D eigenvalue weighted by atomic mass is 19.1. The number of pyridine rings is 1. The second kappa shape index (κ2) is 22.1. The van der Waals surface area contributed by atoms with Gasteiger partial charge in [0.15, 0.2) is 23.2 Å². The minimum atomic E-state index is -1.83. The van der Waals surface area contributed by atoms with Crippen molar-refractivity contribution >= 4 is 58.2 Å². The number of nitrogens with one attached hydrogen (secondary N) is 5. The van der Waals surface area contributed by atoms with Gasteiger partial charge in [-0.15, -0.1) is 0 Å². The molecule has 5 N–H and O–H groups in total. The number of esters is 2. The third-order valence-electron chi connectivity index (χ3n) is 11.0. The third kappa shape index (κ3) is 12.3. The lowest BCUT2D eigenvalue weighted by Gasteiger charge is -2.34. The molecule has 0 saturated heterocycles. The molecule has 0 spiro atoms. The summed E-state index contributed by atoms with van der Waals surface area (Å²) in [5.74, 6) is -11.2. The number of hydrogen-bond donors (Lipinski definition) is 5.